The number of hydrogen-bond acceptors (Lipinski definition) is 3. The number of nitrogens with zero attached hydrogens (tertiary/aromatic N) is 2. The Labute approximate surface area is 141 Å². The molecule has 2 aromatic carbocycles. The van der Waals surface area contributed by atoms with Crippen LogP contribution >= 0.6 is 0 Å². The molecule has 122 valence electrons. The minimum Gasteiger partial charge on any atom is -0.359 e. The van der Waals surface area contributed by atoms with Crippen molar-refractivity contribution in [2.45, 2.75) is 31.8 Å². The Balaban J connectivity index is 1.58. The molecule has 2 aromatic rings. The van der Waals surface area contributed by atoms with Crippen LogP contribution in [0.4, 0.5) is 5.69 Å². The zero-order valence-corrected chi connectivity index (χ0v) is 13.5. The number of carbonyl (C=O) groups is 2. The van der Waals surface area contributed by atoms with E-state index in [1.807, 2.05) is 42.5 Å². The Hall–Kier alpha value is -2.62. The lowest BCUT2D eigenvalue weighted by molar-refractivity contribution is -0.139. The minimum atomic E-state index is -0.359. The Bertz CT molecular complexity index is 772. The van der Waals surface area contributed by atoms with Gasteiger partial charge >= 0.3 is 0 Å². The van der Waals surface area contributed by atoms with Gasteiger partial charge in [0.25, 0.3) is 5.91 Å². The predicted octanol–water partition coefficient (Wildman–Crippen LogP) is 2.77. The fourth-order valence-electron chi connectivity index (χ4n) is 3.73. The molecule has 2 aliphatic heterocycles. The molecule has 24 heavy (non-hydrogen) atoms. The van der Waals surface area contributed by atoms with Crippen LogP contribution in [0.1, 0.15) is 24.0 Å². The van der Waals surface area contributed by atoms with Crippen LogP contribution in [-0.2, 0) is 22.6 Å². The van der Waals surface area contributed by atoms with Gasteiger partial charge in [0.05, 0.1) is 13.0 Å². The van der Waals surface area contributed by atoms with Gasteiger partial charge in [0.15, 0.2) is 0 Å². The van der Waals surface area contributed by atoms with Crippen LogP contribution < -0.4 is 4.90 Å². The molecule has 1 saturated heterocycles. The van der Waals surface area contributed by atoms with Crippen molar-refractivity contribution >= 4 is 17.5 Å². The van der Waals surface area contributed by atoms with Crippen molar-refractivity contribution in [2.75, 3.05) is 11.4 Å². The Morgan fingerprint density at radius 2 is 1.71 bits per heavy atom. The second-order valence-corrected chi connectivity index (χ2v) is 6.45. The topological polar surface area (TPSA) is 40.6 Å². The van der Waals surface area contributed by atoms with Crippen LogP contribution in [0.5, 0.6) is 0 Å². The number of hydrogen-bond donors (Lipinski definition) is 0. The zero-order valence-electron chi connectivity index (χ0n) is 13.5. The third-order valence-corrected chi connectivity index (χ3v) is 4.93. The molecule has 2 heterocycles. The molecule has 1 fully saturated rings. The number of fused-ring (bicyclic) bond motifs is 1. The van der Waals surface area contributed by atoms with Crippen molar-refractivity contribution in [3.05, 3.63) is 65.7 Å². The summed E-state index contributed by atoms with van der Waals surface area (Å²) in [5.41, 5.74) is 3.36. The van der Waals surface area contributed by atoms with Crippen molar-refractivity contribution in [3.63, 3.8) is 0 Å². The van der Waals surface area contributed by atoms with Crippen molar-refractivity contribution in [1.82, 2.24) is 4.90 Å². The minimum absolute atomic E-state index is 0.0689. The highest BCUT2D eigenvalue weighted by Gasteiger charge is 2.42. The number of likely N-dealkylation sites (tertiary alicyclic amines) is 1. The van der Waals surface area contributed by atoms with Crippen LogP contribution in [0, 0.1) is 0 Å². The first-order valence-electron chi connectivity index (χ1n) is 8.47. The average Bonchev–Trinajstić information content (AvgIpc) is 2.90. The molecule has 1 atom stereocenters. The van der Waals surface area contributed by atoms with E-state index in [-0.39, 0.29) is 24.3 Å². The molecule has 0 N–H and O–H groups in total. The van der Waals surface area contributed by atoms with Crippen molar-refractivity contribution in [3.8, 4) is 0 Å². The van der Waals surface area contributed by atoms with E-state index in [1.54, 1.807) is 0 Å². The van der Waals surface area contributed by atoms with Crippen LogP contribution in [0.3, 0.4) is 0 Å². The lowest BCUT2D eigenvalue weighted by Gasteiger charge is -2.34. The van der Waals surface area contributed by atoms with E-state index in [0.717, 1.165) is 30.6 Å². The predicted molar refractivity (Wildman–Crippen MR) is 92.5 cm³/mol. The lowest BCUT2D eigenvalue weighted by Crippen LogP contribution is -2.44. The molecule has 0 bridgehead atoms. The first-order valence-corrected chi connectivity index (χ1v) is 8.47. The van der Waals surface area contributed by atoms with Gasteiger partial charge in [0.2, 0.25) is 5.91 Å². The zero-order chi connectivity index (χ0) is 16.5. The highest BCUT2D eigenvalue weighted by molar-refractivity contribution is 6.07. The standard InChI is InChI=1S/C20H20N2O2/c23-19-13-18(20(24)22(19)14-15-7-2-1-3-8-15)21-12-6-10-16-9-4-5-11-17(16)21/h1-5,7-9,11,18H,6,10,12-14H2/t18-/m1/s1. The van der Waals surface area contributed by atoms with E-state index >= 15 is 0 Å². The average molecular weight is 320 g/mol. The third-order valence-electron chi connectivity index (χ3n) is 4.93. The van der Waals surface area contributed by atoms with Gasteiger partial charge in [0.1, 0.15) is 6.04 Å². The molecule has 2 amide bonds. The molecule has 4 rings (SSSR count). The summed E-state index contributed by atoms with van der Waals surface area (Å²) in [5.74, 6) is -0.141. The van der Waals surface area contributed by atoms with Crippen LogP contribution in [0.15, 0.2) is 54.6 Å². The van der Waals surface area contributed by atoms with E-state index < -0.39 is 0 Å². The maximum Gasteiger partial charge on any atom is 0.252 e. The molecule has 0 spiro atoms. The van der Waals surface area contributed by atoms with Gasteiger partial charge in [-0.25, -0.2) is 0 Å². The Morgan fingerprint density at radius 1 is 0.958 bits per heavy atom. The van der Waals surface area contributed by atoms with Gasteiger partial charge in [0, 0.05) is 12.2 Å². The molecule has 0 aliphatic carbocycles. The second kappa shape index (κ2) is 6.11. The number of para-hydroxylation sites is 1. The summed E-state index contributed by atoms with van der Waals surface area (Å²) in [7, 11) is 0. The number of amides is 2. The van der Waals surface area contributed by atoms with E-state index in [1.165, 1.54) is 10.5 Å². The fraction of sp³-hybridized carbons (Fsp3) is 0.300. The maximum atomic E-state index is 12.9. The van der Waals surface area contributed by atoms with Crippen LogP contribution in [-0.4, -0.2) is 29.3 Å². The highest BCUT2D eigenvalue weighted by atomic mass is 16.2. The maximum absolute atomic E-state index is 12.9. The Kier molecular flexibility index (Phi) is 3.81. The summed E-state index contributed by atoms with van der Waals surface area (Å²) in [6.07, 6.45) is 2.34. The molecular weight excluding hydrogens is 300 g/mol. The number of anilines is 1. The molecule has 0 saturated carbocycles. The SMILES string of the molecule is O=C1C[C@@H](N2CCCc3ccccc32)C(=O)N1Cc1ccccc1. The van der Waals surface area contributed by atoms with Crippen LogP contribution in [0.25, 0.3) is 0 Å². The third kappa shape index (κ3) is 2.58. The second-order valence-electron chi connectivity index (χ2n) is 6.45. The number of carbonyl (C=O) groups excluding carboxylic acids is 2. The normalized spacial score (nSPS) is 20.4. The monoisotopic (exact) mass is 320 g/mol. The number of rotatable bonds is 3. The van der Waals surface area contributed by atoms with E-state index in [4.69, 9.17) is 0 Å². The van der Waals surface area contributed by atoms with Gasteiger partial charge in [-0.15, -0.1) is 0 Å². The van der Waals surface area contributed by atoms with Crippen molar-refractivity contribution in [1.29, 1.82) is 0 Å². The molecule has 4 heteroatoms. The lowest BCUT2D eigenvalue weighted by atomic mass is 9.99. The molecule has 2 aliphatic rings. The van der Waals surface area contributed by atoms with Gasteiger partial charge in [-0.2, -0.15) is 0 Å². The molecular formula is C20H20N2O2. The first kappa shape index (κ1) is 14.9. The summed E-state index contributed by atoms with van der Waals surface area (Å²) in [5, 5.41) is 0. The summed E-state index contributed by atoms with van der Waals surface area (Å²) < 4.78 is 0. The number of imide groups is 1. The van der Waals surface area contributed by atoms with Gasteiger partial charge in [-0.05, 0) is 30.0 Å². The highest BCUT2D eigenvalue weighted by Crippen LogP contribution is 2.32. The van der Waals surface area contributed by atoms with Gasteiger partial charge in [-0.1, -0.05) is 48.5 Å². The molecule has 0 unspecified atom stereocenters. The summed E-state index contributed by atoms with van der Waals surface area (Å²) in [6.45, 7) is 1.20. The molecule has 0 radical (unpaired) electrons. The largest absolute Gasteiger partial charge is 0.359 e. The van der Waals surface area contributed by atoms with Gasteiger partial charge < -0.3 is 4.90 Å². The van der Waals surface area contributed by atoms with E-state index in [0.29, 0.717) is 6.54 Å². The fourth-order valence-corrected chi connectivity index (χ4v) is 3.73. The van der Waals surface area contributed by atoms with E-state index in [9.17, 15) is 9.59 Å². The van der Waals surface area contributed by atoms with Gasteiger partial charge in [-0.3, -0.25) is 14.5 Å². The number of benzene rings is 2. The van der Waals surface area contributed by atoms with Crippen molar-refractivity contribution < 1.29 is 9.59 Å². The summed E-state index contributed by atoms with van der Waals surface area (Å²) >= 11 is 0. The van der Waals surface area contributed by atoms with E-state index in [2.05, 4.69) is 17.0 Å². The molecule has 4 nitrogen and oxygen atoms in total. The summed E-state index contributed by atoms with van der Waals surface area (Å²) in [4.78, 5) is 28.9. The molecule has 0 aromatic heterocycles. The first-order chi connectivity index (χ1) is 11.7. The quantitative estimate of drug-likeness (QED) is 0.817. The summed E-state index contributed by atoms with van der Waals surface area (Å²) in [6, 6.07) is 17.5. The Morgan fingerprint density at radius 3 is 2.54 bits per heavy atom. The van der Waals surface area contributed by atoms with Crippen molar-refractivity contribution in [2.24, 2.45) is 0 Å². The smallest absolute Gasteiger partial charge is 0.252 e. The van der Waals surface area contributed by atoms with Crippen LogP contribution in [0.2, 0.25) is 0 Å². The number of aryl methyl sites for hydroxylation is 1.